The summed E-state index contributed by atoms with van der Waals surface area (Å²) in [5, 5.41) is 0. The van der Waals surface area contributed by atoms with E-state index in [9.17, 15) is 4.79 Å². The van der Waals surface area contributed by atoms with E-state index in [4.69, 9.17) is 15.2 Å². The van der Waals surface area contributed by atoms with Gasteiger partial charge in [0.05, 0.1) is 6.61 Å². The van der Waals surface area contributed by atoms with Crippen molar-refractivity contribution in [3.8, 4) is 0 Å². The summed E-state index contributed by atoms with van der Waals surface area (Å²) in [5.41, 5.74) is 6.93. The molecule has 1 aromatic rings. The minimum atomic E-state index is -0.669. The van der Waals surface area contributed by atoms with Crippen molar-refractivity contribution in [3.63, 3.8) is 0 Å². The number of carbonyl (C=O) groups excluding carboxylic acids is 1. The lowest BCUT2D eigenvalue weighted by Crippen LogP contribution is -2.38. The SMILES string of the molecule is C[C@@H]1OC(=O)[C@@H](N)COCC[C@H]1Cc1ccccc1. The lowest BCUT2D eigenvalue weighted by molar-refractivity contribution is -0.152. The van der Waals surface area contributed by atoms with Crippen LogP contribution < -0.4 is 5.73 Å². The molecular weight excluding hydrogens is 242 g/mol. The molecule has 1 aromatic carbocycles. The van der Waals surface area contributed by atoms with Gasteiger partial charge in [0, 0.05) is 12.5 Å². The van der Waals surface area contributed by atoms with Gasteiger partial charge in [0.25, 0.3) is 0 Å². The smallest absolute Gasteiger partial charge is 0.325 e. The number of nitrogens with two attached hydrogens (primary N) is 1. The molecule has 1 aliphatic rings. The number of hydrogen-bond acceptors (Lipinski definition) is 4. The first-order valence-corrected chi connectivity index (χ1v) is 6.74. The van der Waals surface area contributed by atoms with E-state index >= 15 is 0 Å². The number of rotatable bonds is 2. The monoisotopic (exact) mass is 263 g/mol. The van der Waals surface area contributed by atoms with Crippen molar-refractivity contribution in [3.05, 3.63) is 35.9 Å². The minimum Gasteiger partial charge on any atom is -0.461 e. The molecule has 4 heteroatoms. The van der Waals surface area contributed by atoms with Gasteiger partial charge in [-0.15, -0.1) is 0 Å². The predicted molar refractivity (Wildman–Crippen MR) is 72.6 cm³/mol. The largest absolute Gasteiger partial charge is 0.461 e. The van der Waals surface area contributed by atoms with E-state index in [1.807, 2.05) is 25.1 Å². The Bertz CT molecular complexity index is 407. The van der Waals surface area contributed by atoms with Gasteiger partial charge in [0.2, 0.25) is 0 Å². The Kier molecular flexibility index (Phi) is 4.93. The van der Waals surface area contributed by atoms with Gasteiger partial charge in [0.15, 0.2) is 0 Å². The van der Waals surface area contributed by atoms with E-state index in [2.05, 4.69) is 12.1 Å². The summed E-state index contributed by atoms with van der Waals surface area (Å²) in [6, 6.07) is 9.55. The van der Waals surface area contributed by atoms with Crippen LogP contribution in [-0.2, 0) is 20.7 Å². The van der Waals surface area contributed by atoms with Crippen LogP contribution >= 0.6 is 0 Å². The van der Waals surface area contributed by atoms with Crippen LogP contribution in [0.4, 0.5) is 0 Å². The highest BCUT2D eigenvalue weighted by Crippen LogP contribution is 2.20. The molecule has 0 spiro atoms. The van der Waals surface area contributed by atoms with Crippen LogP contribution in [0.3, 0.4) is 0 Å². The summed E-state index contributed by atoms with van der Waals surface area (Å²) in [5.74, 6) is -0.107. The number of esters is 1. The first kappa shape index (κ1) is 14.0. The molecule has 0 aliphatic carbocycles. The van der Waals surface area contributed by atoms with Crippen LogP contribution in [0.5, 0.6) is 0 Å². The third-order valence-corrected chi connectivity index (χ3v) is 3.54. The fourth-order valence-electron chi connectivity index (χ4n) is 2.30. The average molecular weight is 263 g/mol. The van der Waals surface area contributed by atoms with Gasteiger partial charge in [-0.25, -0.2) is 0 Å². The molecular formula is C15H21NO3. The Morgan fingerprint density at radius 3 is 2.79 bits per heavy atom. The maximum absolute atomic E-state index is 11.7. The highest BCUT2D eigenvalue weighted by molar-refractivity contribution is 5.75. The minimum absolute atomic E-state index is 0.138. The molecule has 1 saturated heterocycles. The molecule has 0 saturated carbocycles. The fraction of sp³-hybridized carbons (Fsp3) is 0.533. The Labute approximate surface area is 113 Å². The zero-order chi connectivity index (χ0) is 13.7. The first-order valence-electron chi connectivity index (χ1n) is 6.74. The van der Waals surface area contributed by atoms with E-state index < -0.39 is 6.04 Å². The van der Waals surface area contributed by atoms with Crippen molar-refractivity contribution in [2.75, 3.05) is 13.2 Å². The molecule has 1 aliphatic heterocycles. The number of cyclic esters (lactones) is 1. The van der Waals surface area contributed by atoms with Crippen LogP contribution in [0.15, 0.2) is 30.3 Å². The Hall–Kier alpha value is -1.39. The second kappa shape index (κ2) is 6.68. The zero-order valence-electron chi connectivity index (χ0n) is 11.2. The molecule has 0 unspecified atom stereocenters. The highest BCUT2D eigenvalue weighted by Gasteiger charge is 2.26. The molecule has 0 amide bonds. The lowest BCUT2D eigenvalue weighted by atomic mass is 9.92. The summed E-state index contributed by atoms with van der Waals surface area (Å²) >= 11 is 0. The second-order valence-corrected chi connectivity index (χ2v) is 5.06. The lowest BCUT2D eigenvalue weighted by Gasteiger charge is -2.23. The molecule has 0 bridgehead atoms. The maximum Gasteiger partial charge on any atom is 0.325 e. The summed E-state index contributed by atoms with van der Waals surface area (Å²) in [7, 11) is 0. The Morgan fingerprint density at radius 2 is 2.05 bits per heavy atom. The molecule has 0 aromatic heterocycles. The normalized spacial score (nSPS) is 28.9. The van der Waals surface area contributed by atoms with Crippen LogP contribution in [0, 0.1) is 5.92 Å². The van der Waals surface area contributed by atoms with Crippen molar-refractivity contribution < 1.29 is 14.3 Å². The molecule has 19 heavy (non-hydrogen) atoms. The van der Waals surface area contributed by atoms with Crippen LogP contribution in [0.25, 0.3) is 0 Å². The fourth-order valence-corrected chi connectivity index (χ4v) is 2.30. The van der Waals surface area contributed by atoms with E-state index in [-0.39, 0.29) is 24.6 Å². The molecule has 104 valence electrons. The van der Waals surface area contributed by atoms with Crippen molar-refractivity contribution in [1.29, 1.82) is 0 Å². The average Bonchev–Trinajstić information content (AvgIpc) is 2.46. The zero-order valence-corrected chi connectivity index (χ0v) is 11.2. The third kappa shape index (κ3) is 4.04. The molecule has 4 nitrogen and oxygen atoms in total. The van der Waals surface area contributed by atoms with Crippen molar-refractivity contribution in [2.24, 2.45) is 11.7 Å². The number of benzene rings is 1. The van der Waals surface area contributed by atoms with Crippen molar-refractivity contribution in [1.82, 2.24) is 0 Å². The summed E-state index contributed by atoms with van der Waals surface area (Å²) in [6.07, 6.45) is 1.62. The van der Waals surface area contributed by atoms with E-state index in [0.29, 0.717) is 6.61 Å². The summed E-state index contributed by atoms with van der Waals surface area (Å²) < 4.78 is 10.9. The van der Waals surface area contributed by atoms with Crippen molar-refractivity contribution >= 4 is 5.97 Å². The Morgan fingerprint density at radius 1 is 1.32 bits per heavy atom. The highest BCUT2D eigenvalue weighted by atomic mass is 16.5. The van der Waals surface area contributed by atoms with Gasteiger partial charge in [-0.05, 0) is 25.3 Å². The number of carbonyl (C=O) groups is 1. The number of ether oxygens (including phenoxy) is 2. The van der Waals surface area contributed by atoms with E-state index in [1.54, 1.807) is 0 Å². The molecule has 3 atom stereocenters. The van der Waals surface area contributed by atoms with Crippen LogP contribution in [-0.4, -0.2) is 31.3 Å². The molecule has 1 heterocycles. The summed E-state index contributed by atoms with van der Waals surface area (Å²) in [6.45, 7) is 2.79. The van der Waals surface area contributed by atoms with Crippen LogP contribution in [0.1, 0.15) is 18.9 Å². The van der Waals surface area contributed by atoms with Gasteiger partial charge in [0.1, 0.15) is 12.1 Å². The number of hydrogen-bond donors (Lipinski definition) is 1. The van der Waals surface area contributed by atoms with Gasteiger partial charge < -0.3 is 15.2 Å². The molecule has 0 radical (unpaired) electrons. The van der Waals surface area contributed by atoms with Crippen LogP contribution in [0.2, 0.25) is 0 Å². The van der Waals surface area contributed by atoms with E-state index in [0.717, 1.165) is 12.8 Å². The maximum atomic E-state index is 11.7. The molecule has 2 rings (SSSR count). The van der Waals surface area contributed by atoms with Gasteiger partial charge >= 0.3 is 5.97 Å². The van der Waals surface area contributed by atoms with Gasteiger partial charge in [-0.2, -0.15) is 0 Å². The Balaban J connectivity index is 2.03. The summed E-state index contributed by atoms with van der Waals surface area (Å²) in [4.78, 5) is 11.7. The molecule has 1 fully saturated rings. The van der Waals surface area contributed by atoms with Crippen molar-refractivity contribution in [2.45, 2.75) is 31.9 Å². The predicted octanol–water partition coefficient (Wildman–Crippen LogP) is 1.52. The van der Waals surface area contributed by atoms with Gasteiger partial charge in [-0.3, -0.25) is 4.79 Å². The second-order valence-electron chi connectivity index (χ2n) is 5.06. The quantitative estimate of drug-likeness (QED) is 0.822. The molecule has 2 N–H and O–H groups in total. The first-order chi connectivity index (χ1) is 9.16. The van der Waals surface area contributed by atoms with Gasteiger partial charge in [-0.1, -0.05) is 30.3 Å². The van der Waals surface area contributed by atoms with E-state index in [1.165, 1.54) is 5.56 Å². The standard InChI is InChI=1S/C15H21NO3/c1-11-13(9-12-5-3-2-4-6-12)7-8-18-10-14(16)15(17)19-11/h2-6,11,13-14H,7-10,16H2,1H3/t11-,13-,14-/m0/s1. The third-order valence-electron chi connectivity index (χ3n) is 3.54. The topological polar surface area (TPSA) is 61.5 Å².